The normalized spacial score (nSPS) is 9.76. The van der Waals surface area contributed by atoms with Crippen molar-refractivity contribution in [2.24, 2.45) is 0 Å². The number of hydrogen-bond acceptors (Lipinski definition) is 5. The van der Waals surface area contributed by atoms with Crippen LogP contribution in [0.4, 0.5) is 5.69 Å². The molecular weight excluding hydrogens is 290 g/mol. The third kappa shape index (κ3) is 4.60. The molecule has 108 valence electrons. The molecule has 1 heterocycles. The lowest BCUT2D eigenvalue weighted by molar-refractivity contribution is -0.384. The van der Waals surface area contributed by atoms with Gasteiger partial charge in [-0.2, -0.15) is 0 Å². The summed E-state index contributed by atoms with van der Waals surface area (Å²) in [5.74, 6) is 6.41. The summed E-state index contributed by atoms with van der Waals surface area (Å²) >= 11 is 1.52. The summed E-state index contributed by atoms with van der Waals surface area (Å²) in [4.78, 5) is 12.0. The quantitative estimate of drug-likeness (QED) is 0.523. The Morgan fingerprint density at radius 2 is 2.00 bits per heavy atom. The summed E-state index contributed by atoms with van der Waals surface area (Å²) in [6, 6.07) is 9.81. The van der Waals surface area contributed by atoms with E-state index in [9.17, 15) is 10.1 Å². The molecule has 0 aliphatic carbocycles. The van der Waals surface area contributed by atoms with Crippen LogP contribution in [0, 0.1) is 22.0 Å². The molecule has 0 saturated heterocycles. The topological polar surface area (TPSA) is 72.6 Å². The highest BCUT2D eigenvalue weighted by molar-refractivity contribution is 7.12. The first-order valence-electron chi connectivity index (χ1n) is 6.25. The number of nitro benzene ring substituents is 1. The lowest BCUT2D eigenvalue weighted by atomic mass is 10.3. The fourth-order valence-corrected chi connectivity index (χ4v) is 2.34. The maximum absolute atomic E-state index is 10.5. The minimum absolute atomic E-state index is 0.0416. The Morgan fingerprint density at radius 1 is 1.24 bits per heavy atom. The van der Waals surface area contributed by atoms with Gasteiger partial charge in [0.05, 0.1) is 16.4 Å². The van der Waals surface area contributed by atoms with Crippen molar-refractivity contribution in [3.8, 4) is 17.6 Å². The second kappa shape index (κ2) is 7.43. The van der Waals surface area contributed by atoms with Crippen LogP contribution in [0.5, 0.6) is 5.75 Å². The molecule has 1 aromatic heterocycles. The first-order valence-corrected chi connectivity index (χ1v) is 7.06. The van der Waals surface area contributed by atoms with Crippen molar-refractivity contribution in [3.05, 3.63) is 56.3 Å². The third-order valence-corrected chi connectivity index (χ3v) is 3.51. The molecule has 2 rings (SSSR count). The van der Waals surface area contributed by atoms with E-state index in [1.165, 1.54) is 23.5 Å². The lowest BCUT2D eigenvalue weighted by Gasteiger charge is -2.03. The standard InChI is InChI=1S/C15H13NO4S/c17-10-2-1-3-14-8-9-15(21-14)11-20-13-6-4-12(5-7-13)16(18)19/h4-9,17H,2,10-11H2. The molecule has 0 unspecified atom stereocenters. The monoisotopic (exact) mass is 303 g/mol. The molecular formula is C15H13NO4S. The molecule has 0 amide bonds. The summed E-state index contributed by atoms with van der Waals surface area (Å²) in [5, 5.41) is 19.2. The molecule has 0 atom stereocenters. The Morgan fingerprint density at radius 3 is 2.67 bits per heavy atom. The Kier molecular flexibility index (Phi) is 5.32. The summed E-state index contributed by atoms with van der Waals surface area (Å²) in [7, 11) is 0. The second-order valence-corrected chi connectivity index (χ2v) is 5.25. The number of aliphatic hydroxyl groups is 1. The third-order valence-electron chi connectivity index (χ3n) is 2.54. The van der Waals surface area contributed by atoms with Crippen molar-refractivity contribution < 1.29 is 14.8 Å². The van der Waals surface area contributed by atoms with Gasteiger partial charge in [-0.05, 0) is 24.3 Å². The van der Waals surface area contributed by atoms with Crippen molar-refractivity contribution in [1.29, 1.82) is 0 Å². The molecule has 0 bridgehead atoms. The Bertz CT molecular complexity index is 667. The van der Waals surface area contributed by atoms with Crippen LogP contribution >= 0.6 is 11.3 Å². The van der Waals surface area contributed by atoms with E-state index in [0.29, 0.717) is 18.8 Å². The number of rotatable bonds is 5. The molecule has 6 heteroatoms. The van der Waals surface area contributed by atoms with Gasteiger partial charge >= 0.3 is 0 Å². The van der Waals surface area contributed by atoms with Crippen LogP contribution in [0.3, 0.4) is 0 Å². The van der Waals surface area contributed by atoms with Gasteiger partial charge in [-0.3, -0.25) is 10.1 Å². The maximum atomic E-state index is 10.5. The van der Waals surface area contributed by atoms with Gasteiger partial charge in [0.25, 0.3) is 5.69 Å². The predicted octanol–water partition coefficient (Wildman–Crippen LogP) is 2.97. The molecule has 0 saturated carbocycles. The summed E-state index contributed by atoms with van der Waals surface area (Å²) in [5.41, 5.74) is 0.0416. The number of aliphatic hydroxyl groups excluding tert-OH is 1. The molecule has 0 aliphatic rings. The summed E-state index contributed by atoms with van der Waals surface area (Å²) in [6.07, 6.45) is 0.465. The van der Waals surface area contributed by atoms with Crippen LogP contribution in [0.2, 0.25) is 0 Å². The molecule has 0 aliphatic heterocycles. The highest BCUT2D eigenvalue weighted by Crippen LogP contribution is 2.21. The van der Waals surface area contributed by atoms with Gasteiger partial charge < -0.3 is 9.84 Å². The van der Waals surface area contributed by atoms with Gasteiger partial charge in [-0.15, -0.1) is 11.3 Å². The number of thiophene rings is 1. The molecule has 0 fully saturated rings. The fourth-order valence-electron chi connectivity index (χ4n) is 1.55. The van der Waals surface area contributed by atoms with Crippen LogP contribution in [-0.4, -0.2) is 16.6 Å². The Balaban J connectivity index is 1.91. The first kappa shape index (κ1) is 15.0. The van der Waals surface area contributed by atoms with E-state index in [0.717, 1.165) is 9.75 Å². The van der Waals surface area contributed by atoms with Crippen molar-refractivity contribution in [2.45, 2.75) is 13.0 Å². The van der Waals surface area contributed by atoms with Crippen LogP contribution in [0.1, 0.15) is 16.2 Å². The van der Waals surface area contributed by atoms with Crippen LogP contribution in [0.25, 0.3) is 0 Å². The zero-order chi connectivity index (χ0) is 15.1. The highest BCUT2D eigenvalue weighted by Gasteiger charge is 2.05. The average Bonchev–Trinajstić information content (AvgIpc) is 2.94. The van der Waals surface area contributed by atoms with Crippen LogP contribution < -0.4 is 4.74 Å². The Labute approximate surface area is 126 Å². The number of ether oxygens (including phenoxy) is 1. The molecule has 0 spiro atoms. The van der Waals surface area contributed by atoms with E-state index < -0.39 is 4.92 Å². The van der Waals surface area contributed by atoms with Gasteiger partial charge in [0.1, 0.15) is 12.4 Å². The molecule has 2 aromatic rings. The number of nitro groups is 1. The van der Waals surface area contributed by atoms with E-state index in [1.54, 1.807) is 12.1 Å². The van der Waals surface area contributed by atoms with Crippen molar-refractivity contribution >= 4 is 17.0 Å². The molecule has 21 heavy (non-hydrogen) atoms. The minimum atomic E-state index is -0.444. The maximum Gasteiger partial charge on any atom is 0.269 e. The zero-order valence-electron chi connectivity index (χ0n) is 11.1. The molecule has 1 aromatic carbocycles. The average molecular weight is 303 g/mol. The van der Waals surface area contributed by atoms with E-state index in [2.05, 4.69) is 11.8 Å². The number of nitrogens with zero attached hydrogens (tertiary/aromatic N) is 1. The van der Waals surface area contributed by atoms with E-state index >= 15 is 0 Å². The van der Waals surface area contributed by atoms with Gasteiger partial charge in [0.2, 0.25) is 0 Å². The van der Waals surface area contributed by atoms with Crippen molar-refractivity contribution in [1.82, 2.24) is 0 Å². The zero-order valence-corrected chi connectivity index (χ0v) is 11.9. The van der Waals surface area contributed by atoms with Gasteiger partial charge in [0, 0.05) is 23.4 Å². The van der Waals surface area contributed by atoms with Gasteiger partial charge in [-0.25, -0.2) is 0 Å². The molecule has 0 radical (unpaired) electrons. The summed E-state index contributed by atoms with van der Waals surface area (Å²) < 4.78 is 5.57. The van der Waals surface area contributed by atoms with Crippen LogP contribution in [0.15, 0.2) is 36.4 Å². The number of hydrogen-bond donors (Lipinski definition) is 1. The van der Waals surface area contributed by atoms with E-state index in [1.807, 2.05) is 12.1 Å². The number of non-ortho nitro benzene ring substituents is 1. The van der Waals surface area contributed by atoms with Crippen LogP contribution in [-0.2, 0) is 6.61 Å². The van der Waals surface area contributed by atoms with Gasteiger partial charge in [-0.1, -0.05) is 11.8 Å². The van der Waals surface area contributed by atoms with E-state index in [-0.39, 0.29) is 12.3 Å². The fraction of sp³-hybridized carbons (Fsp3) is 0.200. The highest BCUT2D eigenvalue weighted by atomic mass is 32.1. The molecule has 5 nitrogen and oxygen atoms in total. The predicted molar refractivity (Wildman–Crippen MR) is 80.3 cm³/mol. The minimum Gasteiger partial charge on any atom is -0.488 e. The second-order valence-electron chi connectivity index (χ2n) is 4.08. The number of benzene rings is 1. The smallest absolute Gasteiger partial charge is 0.269 e. The van der Waals surface area contributed by atoms with E-state index in [4.69, 9.17) is 9.84 Å². The first-order chi connectivity index (χ1) is 10.2. The van der Waals surface area contributed by atoms with Crippen molar-refractivity contribution in [2.75, 3.05) is 6.61 Å². The van der Waals surface area contributed by atoms with Gasteiger partial charge in [0.15, 0.2) is 0 Å². The Hall–Kier alpha value is -2.36. The lowest BCUT2D eigenvalue weighted by Crippen LogP contribution is -1.93. The van der Waals surface area contributed by atoms with Crippen molar-refractivity contribution in [3.63, 3.8) is 0 Å². The SMILES string of the molecule is O=[N+]([O-])c1ccc(OCc2ccc(C#CCCO)s2)cc1. The molecule has 1 N–H and O–H groups in total. The largest absolute Gasteiger partial charge is 0.488 e. The summed E-state index contributed by atoms with van der Waals surface area (Å²) in [6.45, 7) is 0.457.